The van der Waals surface area contributed by atoms with Crippen molar-refractivity contribution in [2.75, 3.05) is 17.7 Å². The third-order valence-corrected chi connectivity index (χ3v) is 3.60. The van der Waals surface area contributed by atoms with Gasteiger partial charge in [-0.15, -0.1) is 0 Å². The molecular weight excluding hydrogens is 304 g/mol. The number of aryl methyl sites for hydroxylation is 1. The Morgan fingerprint density at radius 1 is 1.17 bits per heavy atom. The Morgan fingerprint density at radius 3 is 2.50 bits per heavy atom. The first-order valence-corrected chi connectivity index (χ1v) is 7.80. The van der Waals surface area contributed by atoms with Gasteiger partial charge in [-0.1, -0.05) is 32.0 Å². The van der Waals surface area contributed by atoms with Crippen molar-refractivity contribution in [3.05, 3.63) is 53.6 Å². The molecule has 0 unspecified atom stereocenters. The molecule has 0 bridgehead atoms. The number of rotatable bonds is 6. The van der Waals surface area contributed by atoms with Gasteiger partial charge in [0.2, 0.25) is 0 Å². The molecule has 0 heterocycles. The summed E-state index contributed by atoms with van der Waals surface area (Å²) in [5.74, 6) is 0.0304. The second-order valence-electron chi connectivity index (χ2n) is 5.92. The quantitative estimate of drug-likeness (QED) is 0.629. The Hall–Kier alpha value is -2.82. The zero-order chi connectivity index (χ0) is 17.7. The summed E-state index contributed by atoms with van der Waals surface area (Å²) in [4.78, 5) is 23.9. The second-order valence-corrected chi connectivity index (χ2v) is 5.92. The minimum atomic E-state index is -0.272. The average Bonchev–Trinajstić information content (AvgIpc) is 2.55. The molecule has 24 heavy (non-hydrogen) atoms. The van der Waals surface area contributed by atoms with Crippen LogP contribution in [0.1, 0.15) is 29.8 Å². The molecule has 0 saturated heterocycles. The smallest absolute Gasteiger partial charge is 0.262 e. The topological polar surface area (TPSA) is 81.4 Å². The Kier molecular flexibility index (Phi) is 5.58. The molecule has 2 rings (SSSR count). The standard InChI is InChI=1S/C19H22N2O3/c1-12(2)19(23)14-8-9-17(15(20)10-14)24-11-18(22)21-16-7-5-4-6-13(16)3/h4-10,12H,11,20H2,1-3H3,(H,21,22). The fourth-order valence-electron chi connectivity index (χ4n) is 2.21. The molecule has 0 aliphatic carbocycles. The molecule has 3 N–H and O–H groups in total. The van der Waals surface area contributed by atoms with E-state index in [9.17, 15) is 9.59 Å². The molecule has 2 aromatic carbocycles. The van der Waals surface area contributed by atoms with E-state index >= 15 is 0 Å². The second kappa shape index (κ2) is 7.64. The number of nitrogen functional groups attached to an aromatic ring is 1. The number of carbonyl (C=O) groups excluding carboxylic acids is 2. The molecule has 0 fully saturated rings. The van der Waals surface area contributed by atoms with Gasteiger partial charge < -0.3 is 15.8 Å². The van der Waals surface area contributed by atoms with Gasteiger partial charge in [0, 0.05) is 17.2 Å². The number of anilines is 2. The van der Waals surface area contributed by atoms with Gasteiger partial charge in [0.15, 0.2) is 12.4 Å². The third-order valence-electron chi connectivity index (χ3n) is 3.60. The van der Waals surface area contributed by atoms with E-state index in [1.54, 1.807) is 18.2 Å². The Bertz CT molecular complexity index is 754. The minimum absolute atomic E-state index is 0.0190. The molecule has 0 radical (unpaired) electrons. The molecule has 1 amide bonds. The van der Waals surface area contributed by atoms with Gasteiger partial charge in [-0.2, -0.15) is 0 Å². The van der Waals surface area contributed by atoms with Gasteiger partial charge in [-0.3, -0.25) is 9.59 Å². The zero-order valence-electron chi connectivity index (χ0n) is 14.1. The van der Waals surface area contributed by atoms with Crippen molar-refractivity contribution in [3.8, 4) is 5.75 Å². The summed E-state index contributed by atoms with van der Waals surface area (Å²) < 4.78 is 5.46. The van der Waals surface area contributed by atoms with Crippen LogP contribution in [-0.4, -0.2) is 18.3 Å². The number of nitrogens with two attached hydrogens (primary N) is 1. The summed E-state index contributed by atoms with van der Waals surface area (Å²) in [7, 11) is 0. The van der Waals surface area contributed by atoms with Crippen LogP contribution >= 0.6 is 0 Å². The lowest BCUT2D eigenvalue weighted by molar-refractivity contribution is -0.118. The summed E-state index contributed by atoms with van der Waals surface area (Å²) in [6, 6.07) is 12.4. The predicted octanol–water partition coefficient (Wildman–Crippen LogP) is 3.43. The summed E-state index contributed by atoms with van der Waals surface area (Å²) in [6.45, 7) is 5.42. The monoisotopic (exact) mass is 326 g/mol. The lowest BCUT2D eigenvalue weighted by Crippen LogP contribution is -2.21. The molecule has 0 atom stereocenters. The maximum Gasteiger partial charge on any atom is 0.262 e. The van der Waals surface area contributed by atoms with Crippen LogP contribution in [0.3, 0.4) is 0 Å². The lowest BCUT2D eigenvalue weighted by atomic mass is 10.0. The summed E-state index contributed by atoms with van der Waals surface area (Å²) in [6.07, 6.45) is 0. The molecule has 0 aliphatic rings. The molecule has 0 spiro atoms. The van der Waals surface area contributed by atoms with E-state index in [2.05, 4.69) is 5.32 Å². The number of ketones is 1. The number of hydrogen-bond donors (Lipinski definition) is 2. The van der Waals surface area contributed by atoms with E-state index in [0.29, 0.717) is 17.0 Å². The van der Waals surface area contributed by atoms with Crippen LogP contribution in [0.15, 0.2) is 42.5 Å². The maximum atomic E-state index is 12.0. The molecule has 5 heteroatoms. The first-order chi connectivity index (χ1) is 11.4. The van der Waals surface area contributed by atoms with Gasteiger partial charge >= 0.3 is 0 Å². The number of Topliss-reactive ketones (excluding diaryl/α,β-unsaturated/α-hetero) is 1. The fraction of sp³-hybridized carbons (Fsp3) is 0.263. The number of ether oxygens (including phenoxy) is 1. The first kappa shape index (κ1) is 17.5. The van der Waals surface area contributed by atoms with E-state index in [1.807, 2.05) is 45.0 Å². The number of carbonyl (C=O) groups is 2. The van der Waals surface area contributed by atoms with Crippen molar-refractivity contribution in [2.45, 2.75) is 20.8 Å². The minimum Gasteiger partial charge on any atom is -0.482 e. The molecule has 0 aromatic heterocycles. The van der Waals surface area contributed by atoms with E-state index in [1.165, 1.54) is 0 Å². The zero-order valence-corrected chi connectivity index (χ0v) is 14.1. The number of para-hydroxylation sites is 1. The van der Waals surface area contributed by atoms with Crippen molar-refractivity contribution >= 4 is 23.1 Å². The highest BCUT2D eigenvalue weighted by molar-refractivity contribution is 5.98. The van der Waals surface area contributed by atoms with Crippen molar-refractivity contribution in [3.63, 3.8) is 0 Å². The van der Waals surface area contributed by atoms with E-state index in [-0.39, 0.29) is 24.2 Å². The highest BCUT2D eigenvalue weighted by Crippen LogP contribution is 2.24. The van der Waals surface area contributed by atoms with Crippen LogP contribution in [0, 0.1) is 12.8 Å². The average molecular weight is 326 g/mol. The third kappa shape index (κ3) is 4.35. The van der Waals surface area contributed by atoms with Crippen LogP contribution in [0.5, 0.6) is 5.75 Å². The van der Waals surface area contributed by atoms with E-state index < -0.39 is 0 Å². The van der Waals surface area contributed by atoms with Crippen molar-refractivity contribution in [2.24, 2.45) is 5.92 Å². The molecule has 0 saturated carbocycles. The Balaban J connectivity index is 1.98. The number of amides is 1. The van der Waals surface area contributed by atoms with Crippen molar-refractivity contribution in [1.29, 1.82) is 0 Å². The summed E-state index contributed by atoms with van der Waals surface area (Å²) in [5, 5.41) is 2.79. The lowest BCUT2D eigenvalue weighted by Gasteiger charge is -2.12. The number of hydrogen-bond acceptors (Lipinski definition) is 4. The Morgan fingerprint density at radius 2 is 1.88 bits per heavy atom. The van der Waals surface area contributed by atoms with Crippen LogP contribution in [0.2, 0.25) is 0 Å². The molecule has 0 aliphatic heterocycles. The fourth-order valence-corrected chi connectivity index (χ4v) is 2.21. The van der Waals surface area contributed by atoms with E-state index in [0.717, 1.165) is 11.3 Å². The first-order valence-electron chi connectivity index (χ1n) is 7.80. The van der Waals surface area contributed by atoms with Gasteiger partial charge in [-0.05, 0) is 36.8 Å². The summed E-state index contributed by atoms with van der Waals surface area (Å²) >= 11 is 0. The SMILES string of the molecule is Cc1ccccc1NC(=O)COc1ccc(C(=O)C(C)C)cc1N. The normalized spacial score (nSPS) is 10.5. The van der Waals surface area contributed by atoms with Gasteiger partial charge in [0.25, 0.3) is 5.91 Å². The van der Waals surface area contributed by atoms with E-state index in [4.69, 9.17) is 10.5 Å². The van der Waals surface area contributed by atoms with Gasteiger partial charge in [0.1, 0.15) is 5.75 Å². The number of benzene rings is 2. The van der Waals surface area contributed by atoms with Crippen LogP contribution in [0.4, 0.5) is 11.4 Å². The largest absolute Gasteiger partial charge is 0.482 e. The Labute approximate surface area is 141 Å². The molecule has 126 valence electrons. The summed E-state index contributed by atoms with van der Waals surface area (Å²) in [5.41, 5.74) is 8.51. The van der Waals surface area contributed by atoms with Crippen molar-refractivity contribution < 1.29 is 14.3 Å². The van der Waals surface area contributed by atoms with Crippen molar-refractivity contribution in [1.82, 2.24) is 0 Å². The number of nitrogens with one attached hydrogen (secondary N) is 1. The van der Waals surface area contributed by atoms with Crippen LogP contribution in [0.25, 0.3) is 0 Å². The van der Waals surface area contributed by atoms with Gasteiger partial charge in [-0.25, -0.2) is 0 Å². The maximum absolute atomic E-state index is 12.0. The highest BCUT2D eigenvalue weighted by atomic mass is 16.5. The predicted molar refractivity (Wildman–Crippen MR) is 95.3 cm³/mol. The highest BCUT2D eigenvalue weighted by Gasteiger charge is 2.13. The van der Waals surface area contributed by atoms with Crippen LogP contribution in [-0.2, 0) is 4.79 Å². The molecular formula is C19H22N2O3. The van der Waals surface area contributed by atoms with Gasteiger partial charge in [0.05, 0.1) is 5.69 Å². The molecule has 2 aromatic rings. The molecule has 5 nitrogen and oxygen atoms in total. The van der Waals surface area contributed by atoms with Crippen LogP contribution < -0.4 is 15.8 Å².